The molecule has 12 nitrogen and oxygen atoms in total. The van der Waals surface area contributed by atoms with Crippen LogP contribution >= 0.6 is 11.8 Å². The van der Waals surface area contributed by atoms with Crippen LogP contribution in [-0.4, -0.2) is 112 Å². The predicted octanol–water partition coefficient (Wildman–Crippen LogP) is -0.0575. The predicted molar refractivity (Wildman–Crippen MR) is 124 cm³/mol. The number of hydrogen-bond acceptors (Lipinski definition) is 12. The van der Waals surface area contributed by atoms with E-state index in [1.807, 2.05) is 0 Å². The number of carboxylic acids is 1. The maximum Gasteiger partial charge on any atom is 0.332 e. The van der Waals surface area contributed by atoms with Crippen molar-refractivity contribution >= 4 is 22.8 Å². The molecule has 2 aliphatic heterocycles. The number of carboxylic acid groups (broad SMARTS) is 1. The summed E-state index contributed by atoms with van der Waals surface area (Å²) in [6, 6.07) is 4.70. The molecule has 1 saturated heterocycles. The third-order valence-corrected chi connectivity index (χ3v) is 6.72. The van der Waals surface area contributed by atoms with E-state index in [9.17, 15) is 30.3 Å². The summed E-state index contributed by atoms with van der Waals surface area (Å²) in [7, 11) is 0. The molecule has 1 aromatic carbocycles. The van der Waals surface area contributed by atoms with Crippen molar-refractivity contribution in [3.63, 3.8) is 0 Å². The fourth-order valence-corrected chi connectivity index (χ4v) is 4.47. The van der Waals surface area contributed by atoms with E-state index in [2.05, 4.69) is 4.99 Å². The van der Waals surface area contributed by atoms with Crippen molar-refractivity contribution in [2.45, 2.75) is 50.3 Å². The zero-order valence-electron chi connectivity index (χ0n) is 19.4. The zero-order valence-corrected chi connectivity index (χ0v) is 20.2. The lowest BCUT2D eigenvalue weighted by atomic mass is 10.1. The Hall–Kier alpha value is -1.97. The number of aliphatic hydroxyl groups excluding tert-OH is 3. The molecule has 13 heteroatoms. The molecule has 3 rings (SSSR count). The first-order chi connectivity index (χ1) is 16.6. The van der Waals surface area contributed by atoms with Gasteiger partial charge in [0.2, 0.25) is 0 Å². The topological polar surface area (TPSA) is 177 Å². The smallest absolute Gasteiger partial charge is 0.332 e. The molecular formula is C22H31NO11S. The lowest BCUT2D eigenvalue weighted by Gasteiger charge is -2.24. The number of phenolic OH excluding ortho intramolecular Hbond substituents is 1. The van der Waals surface area contributed by atoms with Gasteiger partial charge in [-0.15, -0.1) is 11.8 Å². The molecule has 35 heavy (non-hydrogen) atoms. The Morgan fingerprint density at radius 1 is 1.23 bits per heavy atom. The number of aromatic hydroxyl groups is 1. The second kappa shape index (κ2) is 12.3. The van der Waals surface area contributed by atoms with Crippen molar-refractivity contribution in [3.05, 3.63) is 23.8 Å². The van der Waals surface area contributed by atoms with Crippen LogP contribution in [0.5, 0.6) is 11.5 Å². The van der Waals surface area contributed by atoms with Gasteiger partial charge in [-0.1, -0.05) is 0 Å². The van der Waals surface area contributed by atoms with Crippen LogP contribution in [0, 0.1) is 0 Å². The number of carbonyl (C=O) groups is 1. The Kier molecular flexibility index (Phi) is 9.72. The van der Waals surface area contributed by atoms with E-state index >= 15 is 0 Å². The quantitative estimate of drug-likeness (QED) is 0.248. The second-order valence-corrected chi connectivity index (χ2v) is 9.21. The Morgan fingerprint density at radius 3 is 2.63 bits per heavy atom. The lowest BCUT2D eigenvalue weighted by molar-refractivity contribution is -0.234. The second-order valence-electron chi connectivity index (χ2n) is 8.24. The minimum atomic E-state index is -1.38. The van der Waals surface area contributed by atoms with Gasteiger partial charge in [0, 0.05) is 17.4 Å². The number of aliphatic carboxylic acids is 1. The normalized spacial score (nSPS) is 31.1. The van der Waals surface area contributed by atoms with Crippen LogP contribution in [0.4, 0.5) is 0 Å². The maximum absolute atomic E-state index is 11.3. The molecule has 5 N–H and O–H groups in total. The minimum absolute atomic E-state index is 0.0656. The molecule has 0 spiro atoms. The van der Waals surface area contributed by atoms with Crippen LogP contribution in [0.3, 0.4) is 0 Å². The summed E-state index contributed by atoms with van der Waals surface area (Å²) in [4.78, 5) is 15.6. The van der Waals surface area contributed by atoms with Crippen molar-refractivity contribution in [2.75, 3.05) is 38.8 Å². The van der Waals surface area contributed by atoms with Crippen LogP contribution in [0.2, 0.25) is 0 Å². The largest absolute Gasteiger partial charge is 0.507 e. The van der Waals surface area contributed by atoms with Gasteiger partial charge in [0.25, 0.3) is 0 Å². The summed E-state index contributed by atoms with van der Waals surface area (Å²) >= 11 is 1.27. The molecule has 2 aliphatic rings. The van der Waals surface area contributed by atoms with Crippen molar-refractivity contribution in [3.8, 4) is 11.5 Å². The first-order valence-corrected chi connectivity index (χ1v) is 12.0. The van der Waals surface area contributed by atoms with Crippen molar-refractivity contribution in [2.24, 2.45) is 4.99 Å². The van der Waals surface area contributed by atoms with E-state index in [1.165, 1.54) is 24.8 Å². The summed E-state index contributed by atoms with van der Waals surface area (Å²) in [5.41, 5.74) is -0.768. The van der Waals surface area contributed by atoms with E-state index in [4.69, 9.17) is 23.7 Å². The molecule has 0 radical (unpaired) electrons. The summed E-state index contributed by atoms with van der Waals surface area (Å²) in [6.07, 6.45) is -5.44. The summed E-state index contributed by atoms with van der Waals surface area (Å²) in [5.74, 6) is -0.379. The number of aliphatic imine (C=N–C) groups is 1. The number of phenols is 1. The zero-order chi connectivity index (χ0) is 25.6. The number of hydrogen-bond donors (Lipinski definition) is 5. The van der Waals surface area contributed by atoms with Gasteiger partial charge in [-0.05, 0) is 26.0 Å². The fourth-order valence-electron chi connectivity index (χ4n) is 3.27. The number of ether oxygens (including phenoxy) is 5. The van der Waals surface area contributed by atoms with Crippen LogP contribution in [0.25, 0.3) is 0 Å². The third-order valence-electron chi connectivity index (χ3n) is 5.43. The van der Waals surface area contributed by atoms with Crippen LogP contribution < -0.4 is 4.74 Å². The third kappa shape index (κ3) is 7.05. The minimum Gasteiger partial charge on any atom is -0.507 e. The molecule has 0 amide bonds. The van der Waals surface area contributed by atoms with Gasteiger partial charge < -0.3 is 49.2 Å². The van der Waals surface area contributed by atoms with E-state index in [0.717, 1.165) is 0 Å². The van der Waals surface area contributed by atoms with E-state index in [1.54, 1.807) is 19.1 Å². The highest BCUT2D eigenvalue weighted by Gasteiger charge is 2.39. The van der Waals surface area contributed by atoms with Gasteiger partial charge in [0.1, 0.15) is 35.4 Å². The molecule has 3 unspecified atom stereocenters. The van der Waals surface area contributed by atoms with Crippen LogP contribution in [0.1, 0.15) is 19.4 Å². The van der Waals surface area contributed by atoms with Crippen molar-refractivity contribution in [1.82, 2.24) is 0 Å². The molecule has 6 atom stereocenters. The fraction of sp³-hybridized carbons (Fsp3) is 0.636. The Balaban J connectivity index is 1.38. The highest BCUT2D eigenvalue weighted by molar-refractivity contribution is 8.14. The number of aliphatic hydroxyl groups is 3. The summed E-state index contributed by atoms with van der Waals surface area (Å²) < 4.78 is 27.0. The summed E-state index contributed by atoms with van der Waals surface area (Å²) in [5, 5.41) is 49.3. The monoisotopic (exact) mass is 517 g/mol. The first-order valence-electron chi connectivity index (χ1n) is 11.0. The van der Waals surface area contributed by atoms with Gasteiger partial charge in [0.15, 0.2) is 18.1 Å². The van der Waals surface area contributed by atoms with E-state index in [0.29, 0.717) is 22.1 Å². The summed E-state index contributed by atoms with van der Waals surface area (Å²) in [6.45, 7) is 3.24. The number of rotatable bonds is 11. The SMILES string of the molecule is CC1OC(O)C(CO)O[C@H](OCCOCCOc2ccc(C3=N[C@@](C)(C(=O)O)CS3)c(O)c2)[C@H]1O. The van der Waals surface area contributed by atoms with E-state index < -0.39 is 49.0 Å². The lowest BCUT2D eigenvalue weighted by Crippen LogP contribution is -2.40. The van der Waals surface area contributed by atoms with Crippen LogP contribution in [-0.2, 0) is 23.7 Å². The van der Waals surface area contributed by atoms with Crippen molar-refractivity contribution in [1.29, 1.82) is 0 Å². The number of nitrogens with zero attached hydrogens (tertiary/aromatic N) is 1. The highest BCUT2D eigenvalue weighted by atomic mass is 32.2. The molecular weight excluding hydrogens is 486 g/mol. The Bertz CT molecular complexity index is 900. The molecule has 196 valence electrons. The Labute approximate surface area is 206 Å². The van der Waals surface area contributed by atoms with Crippen LogP contribution in [0.15, 0.2) is 23.2 Å². The highest BCUT2D eigenvalue weighted by Crippen LogP contribution is 2.35. The van der Waals surface area contributed by atoms with Gasteiger partial charge in [0.05, 0.1) is 32.5 Å². The number of thioether (sulfide) groups is 1. The standard InChI is InChI=1S/C22H31NO11S/c1-12-17(26)20(34-16(10-24)19(27)33-12)32-8-6-30-5-7-31-13-3-4-14(15(25)9-13)18-23-22(2,11-35-18)21(28)29/h3-4,9,12,16-17,19-20,24-27H,5-8,10-11H2,1-2H3,(H,28,29)/t12?,16?,17-,19?,20-,22+/m0/s1. The van der Waals surface area contributed by atoms with Crippen molar-refractivity contribution < 1.29 is 54.0 Å². The molecule has 0 bridgehead atoms. The molecule has 1 aromatic rings. The number of benzene rings is 1. The first kappa shape index (κ1) is 27.6. The van der Waals surface area contributed by atoms with Gasteiger partial charge >= 0.3 is 5.97 Å². The maximum atomic E-state index is 11.3. The average molecular weight is 518 g/mol. The van der Waals surface area contributed by atoms with Gasteiger partial charge in [-0.25, -0.2) is 4.79 Å². The van der Waals surface area contributed by atoms with Gasteiger partial charge in [-0.2, -0.15) is 0 Å². The molecule has 1 fully saturated rings. The molecule has 0 aromatic heterocycles. The molecule has 2 heterocycles. The molecule has 0 saturated carbocycles. The Morgan fingerprint density at radius 2 is 1.97 bits per heavy atom. The molecule has 0 aliphatic carbocycles. The van der Waals surface area contributed by atoms with E-state index in [-0.39, 0.29) is 32.2 Å². The average Bonchev–Trinajstić information content (AvgIpc) is 3.18. The van der Waals surface area contributed by atoms with Gasteiger partial charge in [-0.3, -0.25) is 4.99 Å².